The molecule has 0 bridgehead atoms. The Balaban J connectivity index is 1.87. The van der Waals surface area contributed by atoms with Crippen molar-refractivity contribution in [3.8, 4) is 11.3 Å². The van der Waals surface area contributed by atoms with Crippen molar-refractivity contribution in [1.82, 2.24) is 0 Å². The van der Waals surface area contributed by atoms with E-state index in [1.807, 2.05) is 0 Å². The fourth-order valence-corrected chi connectivity index (χ4v) is 9.27. The number of aryl methyl sites for hydroxylation is 2. The molecule has 0 amide bonds. The number of hydrogen-bond acceptors (Lipinski definition) is 0. The zero-order valence-corrected chi connectivity index (χ0v) is 24.1. The van der Waals surface area contributed by atoms with Crippen LogP contribution in [0.4, 0.5) is 0 Å². The maximum absolute atomic E-state index is 2.50. The van der Waals surface area contributed by atoms with Gasteiger partial charge < -0.3 is 0 Å². The number of benzene rings is 4. The van der Waals surface area contributed by atoms with E-state index < -0.39 is 0 Å². The van der Waals surface area contributed by atoms with Crippen LogP contribution in [-0.4, -0.2) is 14.5 Å². The van der Waals surface area contributed by atoms with Gasteiger partial charge in [-0.05, 0) is 0 Å². The first kappa shape index (κ1) is 23.5. The van der Waals surface area contributed by atoms with E-state index in [1.54, 1.807) is 4.26 Å². The van der Waals surface area contributed by atoms with E-state index >= 15 is 0 Å². The summed E-state index contributed by atoms with van der Waals surface area (Å²) in [6.45, 7) is 14.0. The van der Waals surface area contributed by atoms with Gasteiger partial charge in [-0.3, -0.25) is 0 Å². The Morgan fingerprint density at radius 3 is 2.08 bits per heavy atom. The third kappa shape index (κ3) is 3.39. The molecule has 2 aromatic heterocycles. The SMILES string of the molecule is Cc1c(-c2c3[se]c4c(C(C)C)cccc4c3c3ccccc3[n+]2C)cc(C(C)(C)C)c2ccccc12. The summed E-state index contributed by atoms with van der Waals surface area (Å²) in [4.78, 5) is 0. The van der Waals surface area contributed by atoms with Crippen molar-refractivity contribution < 1.29 is 4.57 Å². The number of hydrogen-bond donors (Lipinski definition) is 0. The molecule has 0 radical (unpaired) electrons. The van der Waals surface area contributed by atoms with Crippen molar-refractivity contribution in [2.24, 2.45) is 7.05 Å². The molecular formula is C34H34NSe+. The Hall–Kier alpha value is -2.93. The third-order valence-corrected chi connectivity index (χ3v) is 10.5. The van der Waals surface area contributed by atoms with Crippen LogP contribution in [0.3, 0.4) is 0 Å². The van der Waals surface area contributed by atoms with Crippen molar-refractivity contribution in [2.45, 2.75) is 52.9 Å². The molecule has 6 rings (SSSR count). The Labute approximate surface area is 220 Å². The fourth-order valence-electron chi connectivity index (χ4n) is 5.97. The number of fused-ring (bicyclic) bond motifs is 6. The van der Waals surface area contributed by atoms with Crippen LogP contribution in [0.5, 0.6) is 0 Å². The molecule has 1 nitrogen and oxygen atoms in total. The Bertz CT molecular complexity index is 1810. The first-order valence-corrected chi connectivity index (χ1v) is 14.7. The molecule has 0 aliphatic carbocycles. The van der Waals surface area contributed by atoms with Gasteiger partial charge in [-0.25, -0.2) is 0 Å². The number of nitrogens with zero attached hydrogens (tertiary/aromatic N) is 1. The second kappa shape index (κ2) is 8.30. The molecule has 36 heavy (non-hydrogen) atoms. The van der Waals surface area contributed by atoms with Crippen molar-refractivity contribution >= 4 is 55.5 Å². The second-order valence-corrected chi connectivity index (χ2v) is 13.6. The molecule has 0 saturated carbocycles. The third-order valence-electron chi connectivity index (χ3n) is 7.83. The molecule has 0 spiro atoms. The molecule has 0 aliphatic heterocycles. The molecule has 2 heteroatoms. The summed E-state index contributed by atoms with van der Waals surface area (Å²) in [5.41, 5.74) is 8.43. The van der Waals surface area contributed by atoms with Gasteiger partial charge >= 0.3 is 221 Å². The van der Waals surface area contributed by atoms with Gasteiger partial charge in [0.2, 0.25) is 0 Å². The van der Waals surface area contributed by atoms with E-state index in [-0.39, 0.29) is 19.9 Å². The van der Waals surface area contributed by atoms with Crippen molar-refractivity contribution in [3.05, 3.63) is 89.5 Å². The second-order valence-electron chi connectivity index (χ2n) is 11.5. The van der Waals surface area contributed by atoms with E-state index in [0.717, 1.165) is 0 Å². The predicted octanol–water partition coefficient (Wildman–Crippen LogP) is 8.58. The van der Waals surface area contributed by atoms with Gasteiger partial charge in [-0.2, -0.15) is 0 Å². The normalized spacial score (nSPS) is 12.6. The Morgan fingerprint density at radius 1 is 0.750 bits per heavy atom. The number of para-hydroxylation sites is 1. The fraction of sp³-hybridized carbons (Fsp3) is 0.265. The van der Waals surface area contributed by atoms with Crippen molar-refractivity contribution in [2.75, 3.05) is 0 Å². The van der Waals surface area contributed by atoms with Crippen molar-refractivity contribution in [3.63, 3.8) is 0 Å². The molecule has 180 valence electrons. The summed E-state index contributed by atoms with van der Waals surface area (Å²) >= 11 is 0.253. The number of aromatic nitrogens is 1. The zero-order chi connectivity index (χ0) is 25.4. The molecule has 0 unspecified atom stereocenters. The first-order chi connectivity index (χ1) is 17.2. The molecule has 2 heterocycles. The summed E-state index contributed by atoms with van der Waals surface area (Å²) in [5, 5.41) is 7.02. The number of pyridine rings is 1. The van der Waals surface area contributed by atoms with Crippen molar-refractivity contribution in [1.29, 1.82) is 0 Å². The van der Waals surface area contributed by atoms with Gasteiger partial charge in [-0.15, -0.1) is 0 Å². The summed E-state index contributed by atoms with van der Waals surface area (Å²) in [5.74, 6) is 0.523. The molecule has 6 aromatic rings. The molecular weight excluding hydrogens is 501 g/mol. The summed E-state index contributed by atoms with van der Waals surface area (Å²) in [6, 6.07) is 27.4. The monoisotopic (exact) mass is 536 g/mol. The number of rotatable bonds is 2. The van der Waals surface area contributed by atoms with E-state index in [0.29, 0.717) is 5.92 Å². The van der Waals surface area contributed by atoms with Gasteiger partial charge in [-0.1, -0.05) is 0 Å². The summed E-state index contributed by atoms with van der Waals surface area (Å²) in [6.07, 6.45) is 0. The van der Waals surface area contributed by atoms with E-state index in [9.17, 15) is 0 Å². The minimum atomic E-state index is 0.0551. The van der Waals surface area contributed by atoms with E-state index in [1.165, 1.54) is 64.7 Å². The van der Waals surface area contributed by atoms with Crippen LogP contribution in [0.1, 0.15) is 57.2 Å². The van der Waals surface area contributed by atoms with Crippen LogP contribution in [0.2, 0.25) is 0 Å². The van der Waals surface area contributed by atoms with Crippen LogP contribution in [-0.2, 0) is 12.5 Å². The minimum absolute atomic E-state index is 0.0551. The van der Waals surface area contributed by atoms with E-state index in [2.05, 4.69) is 126 Å². The van der Waals surface area contributed by atoms with Crippen LogP contribution < -0.4 is 4.57 Å². The maximum atomic E-state index is 2.50. The zero-order valence-electron chi connectivity index (χ0n) is 22.4. The molecule has 0 N–H and O–H groups in total. The molecule has 0 atom stereocenters. The van der Waals surface area contributed by atoms with E-state index in [4.69, 9.17) is 0 Å². The standard InChI is InChI=1S/C34H34NSe/c1-20(2)22-16-12-17-26-30-25-15-10-11-18-29(25)35(7)31(33(30)36-32(22)26)27-19-28(34(4,5)6)24-14-9-8-13-23(24)21(27)3/h8-20H,1-7H3/q+1. The van der Waals surface area contributed by atoms with Crippen LogP contribution >= 0.6 is 0 Å². The van der Waals surface area contributed by atoms with Gasteiger partial charge in [0, 0.05) is 0 Å². The average Bonchev–Trinajstić information content (AvgIpc) is 3.24. The topological polar surface area (TPSA) is 3.88 Å². The quantitative estimate of drug-likeness (QED) is 0.154. The van der Waals surface area contributed by atoms with Crippen LogP contribution in [0.15, 0.2) is 72.8 Å². The van der Waals surface area contributed by atoms with Crippen LogP contribution in [0.25, 0.3) is 52.2 Å². The Morgan fingerprint density at radius 2 is 1.39 bits per heavy atom. The van der Waals surface area contributed by atoms with Gasteiger partial charge in [0.05, 0.1) is 0 Å². The summed E-state index contributed by atoms with van der Waals surface area (Å²) in [7, 11) is 2.27. The molecule has 4 aromatic carbocycles. The van der Waals surface area contributed by atoms with Gasteiger partial charge in [0.25, 0.3) is 0 Å². The van der Waals surface area contributed by atoms with Gasteiger partial charge in [0.1, 0.15) is 0 Å². The summed E-state index contributed by atoms with van der Waals surface area (Å²) < 4.78 is 5.58. The average molecular weight is 536 g/mol. The first-order valence-electron chi connectivity index (χ1n) is 13.0. The molecule has 0 fully saturated rings. The predicted molar refractivity (Wildman–Crippen MR) is 158 cm³/mol. The molecule has 0 saturated heterocycles. The molecule has 0 aliphatic rings. The van der Waals surface area contributed by atoms with Gasteiger partial charge in [0.15, 0.2) is 0 Å². The van der Waals surface area contributed by atoms with Crippen LogP contribution in [0, 0.1) is 6.92 Å². The Kier molecular flexibility index (Phi) is 5.41.